The molecule has 49 heavy (non-hydrogen) atoms. The van der Waals surface area contributed by atoms with E-state index in [1.165, 1.54) is 17.8 Å². The Bertz CT molecular complexity index is 1970. The molecule has 254 valence electrons. The molecule has 0 spiro atoms. The molecule has 1 aliphatic carbocycles. The number of carbonyl (C=O) groups is 2. The first-order chi connectivity index (χ1) is 23.8. The fraction of sp³-hybridized carbons (Fsp3) is 0.378. The molecule has 2 aliphatic rings. The van der Waals surface area contributed by atoms with Crippen molar-refractivity contribution in [3.63, 3.8) is 0 Å². The number of nitrogens with one attached hydrogen (secondary N) is 1. The molecule has 1 fully saturated rings. The van der Waals surface area contributed by atoms with Gasteiger partial charge in [0.2, 0.25) is 0 Å². The van der Waals surface area contributed by atoms with Crippen LogP contribution in [0, 0.1) is 6.92 Å². The monoisotopic (exact) mass is 680 g/mol. The van der Waals surface area contributed by atoms with E-state index in [4.69, 9.17) is 14.6 Å². The summed E-state index contributed by atoms with van der Waals surface area (Å²) >= 11 is 1.44. The van der Waals surface area contributed by atoms with Crippen molar-refractivity contribution in [2.75, 3.05) is 37.1 Å². The molecule has 5 aromatic rings. The van der Waals surface area contributed by atoms with E-state index in [0.29, 0.717) is 61.3 Å². The Hall–Kier alpha value is -4.65. The Morgan fingerprint density at radius 1 is 1.00 bits per heavy atom. The SMILES string of the molecule is COCCOC1(Cn2ncc(-c3ccc(N4CCc5cccc(C(=O)Nc6nc7ccccc7s6)c5C4)nc3C(=O)O)c2C)CCCCC1. The van der Waals surface area contributed by atoms with Gasteiger partial charge in [0.15, 0.2) is 10.8 Å². The van der Waals surface area contributed by atoms with Crippen LogP contribution in [0.1, 0.15) is 69.8 Å². The van der Waals surface area contributed by atoms with Crippen molar-refractivity contribution in [3.8, 4) is 11.1 Å². The molecule has 0 radical (unpaired) electrons. The van der Waals surface area contributed by atoms with Gasteiger partial charge in [0.25, 0.3) is 5.91 Å². The zero-order chi connectivity index (χ0) is 34.0. The number of rotatable bonds is 11. The van der Waals surface area contributed by atoms with Crippen LogP contribution >= 0.6 is 11.3 Å². The molecule has 0 saturated heterocycles. The average Bonchev–Trinajstić information content (AvgIpc) is 3.69. The van der Waals surface area contributed by atoms with Crippen molar-refractivity contribution in [2.45, 2.75) is 64.1 Å². The third-order valence-electron chi connectivity index (χ3n) is 9.73. The van der Waals surface area contributed by atoms with Crippen LogP contribution in [-0.4, -0.2) is 69.2 Å². The number of amides is 1. The highest BCUT2D eigenvalue weighted by atomic mass is 32.1. The van der Waals surface area contributed by atoms with Crippen LogP contribution in [0.5, 0.6) is 0 Å². The van der Waals surface area contributed by atoms with E-state index in [0.717, 1.165) is 58.3 Å². The van der Waals surface area contributed by atoms with Gasteiger partial charge >= 0.3 is 5.97 Å². The summed E-state index contributed by atoms with van der Waals surface area (Å²) < 4.78 is 14.6. The Kier molecular flexibility index (Phi) is 9.44. The van der Waals surface area contributed by atoms with Crippen molar-refractivity contribution in [2.24, 2.45) is 0 Å². The second-order valence-electron chi connectivity index (χ2n) is 12.8. The number of para-hydroxylation sites is 1. The molecular weight excluding hydrogens is 641 g/mol. The number of hydrogen-bond acceptors (Lipinski definition) is 9. The third kappa shape index (κ3) is 6.81. The van der Waals surface area contributed by atoms with Gasteiger partial charge in [-0.3, -0.25) is 14.8 Å². The number of methoxy groups -OCH3 is 1. The Morgan fingerprint density at radius 2 is 1.84 bits per heavy atom. The molecule has 2 aromatic carbocycles. The first kappa shape index (κ1) is 32.9. The molecule has 4 heterocycles. The number of anilines is 2. The summed E-state index contributed by atoms with van der Waals surface area (Å²) in [6.45, 7) is 4.69. The lowest BCUT2D eigenvalue weighted by atomic mass is 9.84. The fourth-order valence-electron chi connectivity index (χ4n) is 7.11. The van der Waals surface area contributed by atoms with E-state index in [1.807, 2.05) is 71.1 Å². The van der Waals surface area contributed by atoms with Crippen molar-refractivity contribution < 1.29 is 24.2 Å². The molecule has 12 heteroatoms. The second-order valence-corrected chi connectivity index (χ2v) is 13.8. The number of ether oxygens (including phenoxy) is 2. The summed E-state index contributed by atoms with van der Waals surface area (Å²) in [6.07, 6.45) is 7.73. The maximum Gasteiger partial charge on any atom is 0.355 e. The third-order valence-corrected chi connectivity index (χ3v) is 10.7. The molecule has 1 saturated carbocycles. The molecule has 7 rings (SSSR count). The van der Waals surface area contributed by atoms with Gasteiger partial charge in [-0.1, -0.05) is 54.9 Å². The van der Waals surface area contributed by atoms with Gasteiger partial charge in [0.05, 0.1) is 41.8 Å². The van der Waals surface area contributed by atoms with Crippen LogP contribution in [0.15, 0.2) is 60.8 Å². The van der Waals surface area contributed by atoms with E-state index < -0.39 is 5.97 Å². The van der Waals surface area contributed by atoms with Crippen molar-refractivity contribution in [1.82, 2.24) is 19.7 Å². The number of hydrogen-bond donors (Lipinski definition) is 2. The summed E-state index contributed by atoms with van der Waals surface area (Å²) in [5.41, 5.74) is 5.17. The van der Waals surface area contributed by atoms with E-state index in [9.17, 15) is 14.7 Å². The average molecular weight is 681 g/mol. The van der Waals surface area contributed by atoms with Crippen molar-refractivity contribution >= 4 is 44.4 Å². The molecular formula is C37H40N6O5S. The Morgan fingerprint density at radius 3 is 2.63 bits per heavy atom. The lowest BCUT2D eigenvalue weighted by Gasteiger charge is -2.37. The van der Waals surface area contributed by atoms with Gasteiger partial charge in [-0.15, -0.1) is 0 Å². The number of carboxylic acids is 1. The summed E-state index contributed by atoms with van der Waals surface area (Å²) in [6, 6.07) is 17.2. The van der Waals surface area contributed by atoms with Gasteiger partial charge in [-0.25, -0.2) is 14.8 Å². The van der Waals surface area contributed by atoms with Crippen LogP contribution < -0.4 is 10.2 Å². The number of fused-ring (bicyclic) bond motifs is 2. The van der Waals surface area contributed by atoms with E-state index in [1.54, 1.807) is 13.3 Å². The van der Waals surface area contributed by atoms with Crippen molar-refractivity contribution in [1.29, 1.82) is 0 Å². The number of carboxylic acid groups (broad SMARTS) is 1. The molecule has 0 bridgehead atoms. The maximum atomic E-state index is 13.5. The van der Waals surface area contributed by atoms with E-state index in [-0.39, 0.29) is 17.2 Å². The number of carbonyl (C=O) groups excluding carboxylic acids is 1. The number of aromatic carboxylic acids is 1. The molecule has 0 unspecified atom stereocenters. The molecule has 0 atom stereocenters. The molecule has 3 aromatic heterocycles. The number of thiazole rings is 1. The summed E-state index contributed by atoms with van der Waals surface area (Å²) in [5, 5.41) is 18.6. The minimum atomic E-state index is -1.11. The first-order valence-electron chi connectivity index (χ1n) is 16.8. The molecule has 11 nitrogen and oxygen atoms in total. The van der Waals surface area contributed by atoms with Gasteiger partial charge in [-0.2, -0.15) is 5.10 Å². The summed E-state index contributed by atoms with van der Waals surface area (Å²) in [4.78, 5) is 37.4. The lowest BCUT2D eigenvalue weighted by molar-refractivity contribution is -0.0957. The largest absolute Gasteiger partial charge is 0.476 e. The van der Waals surface area contributed by atoms with Crippen molar-refractivity contribution in [3.05, 3.63) is 88.9 Å². The molecule has 1 amide bonds. The quantitative estimate of drug-likeness (QED) is 0.146. The first-order valence-corrected chi connectivity index (χ1v) is 17.6. The van der Waals surface area contributed by atoms with Crippen LogP contribution in [-0.2, 0) is 29.0 Å². The standard InChI is InChI=1S/C37H40N6O5S/c1-24-28(21-38-43(24)23-37(48-20-19-47-2)16-6-3-7-17-37)26-13-14-32(40-33(26)35(45)46)42-18-15-25-9-8-10-27(29(25)22-42)34(44)41-36-39-30-11-4-5-12-31(30)49-36/h4-5,8-14,21H,3,6-7,15-20,22-23H2,1-2H3,(H,45,46)(H,39,41,44). The second kappa shape index (κ2) is 14.1. The smallest absolute Gasteiger partial charge is 0.355 e. The maximum absolute atomic E-state index is 13.5. The number of aromatic nitrogens is 4. The lowest BCUT2D eigenvalue weighted by Crippen LogP contribution is -2.41. The fourth-order valence-corrected chi connectivity index (χ4v) is 7.97. The summed E-state index contributed by atoms with van der Waals surface area (Å²) in [7, 11) is 1.67. The van der Waals surface area contributed by atoms with Crippen LogP contribution in [0.2, 0.25) is 0 Å². The highest BCUT2D eigenvalue weighted by Gasteiger charge is 2.35. The zero-order valence-corrected chi connectivity index (χ0v) is 28.6. The summed E-state index contributed by atoms with van der Waals surface area (Å²) in [5.74, 6) is -0.784. The predicted octanol–water partition coefficient (Wildman–Crippen LogP) is 6.74. The Labute approximate surface area is 288 Å². The van der Waals surface area contributed by atoms with Crippen LogP contribution in [0.4, 0.5) is 10.9 Å². The van der Waals surface area contributed by atoms with E-state index in [2.05, 4.69) is 15.3 Å². The van der Waals surface area contributed by atoms with Gasteiger partial charge in [0, 0.05) is 42.6 Å². The molecule has 2 N–H and O–H groups in total. The van der Waals surface area contributed by atoms with Crippen LogP contribution in [0.3, 0.4) is 0 Å². The zero-order valence-electron chi connectivity index (χ0n) is 27.8. The minimum absolute atomic E-state index is 0.0310. The van der Waals surface area contributed by atoms with Gasteiger partial charge in [0.1, 0.15) is 5.82 Å². The highest BCUT2D eigenvalue weighted by Crippen LogP contribution is 2.36. The normalized spacial score (nSPS) is 15.7. The highest BCUT2D eigenvalue weighted by molar-refractivity contribution is 7.22. The van der Waals surface area contributed by atoms with Gasteiger partial charge in [-0.05, 0) is 67.6 Å². The molecule has 1 aliphatic heterocycles. The number of nitrogens with zero attached hydrogens (tertiary/aromatic N) is 5. The number of pyridine rings is 1. The minimum Gasteiger partial charge on any atom is -0.476 e. The number of benzene rings is 2. The van der Waals surface area contributed by atoms with E-state index >= 15 is 0 Å². The predicted molar refractivity (Wildman–Crippen MR) is 190 cm³/mol. The topological polar surface area (TPSA) is 132 Å². The Balaban J connectivity index is 1.12. The van der Waals surface area contributed by atoms with Crippen LogP contribution in [0.25, 0.3) is 21.3 Å². The van der Waals surface area contributed by atoms with Gasteiger partial charge < -0.3 is 19.5 Å².